The van der Waals surface area contributed by atoms with Gasteiger partial charge in [0.05, 0.1) is 7.11 Å². The molecule has 0 aliphatic rings. The van der Waals surface area contributed by atoms with Crippen LogP contribution in [-0.2, 0) is 6.61 Å². The standard InChI is InChI=1S/C17H21NO2/c1-12-6-4-9-16(13(2)18)17(12)20-11-14-7-5-8-15(10-14)19-3/h4-10,13H,11,18H2,1-3H3. The highest BCUT2D eigenvalue weighted by Crippen LogP contribution is 2.28. The van der Waals surface area contributed by atoms with E-state index in [1.807, 2.05) is 56.3 Å². The van der Waals surface area contributed by atoms with Crippen LogP contribution < -0.4 is 15.2 Å². The molecule has 0 aliphatic carbocycles. The van der Waals surface area contributed by atoms with E-state index in [0.717, 1.165) is 28.2 Å². The number of para-hydroxylation sites is 1. The fourth-order valence-corrected chi connectivity index (χ4v) is 2.15. The summed E-state index contributed by atoms with van der Waals surface area (Å²) >= 11 is 0. The maximum absolute atomic E-state index is 6.00. The number of aryl methyl sites for hydroxylation is 1. The summed E-state index contributed by atoms with van der Waals surface area (Å²) in [6.07, 6.45) is 0. The number of benzene rings is 2. The highest BCUT2D eigenvalue weighted by Gasteiger charge is 2.10. The van der Waals surface area contributed by atoms with Gasteiger partial charge >= 0.3 is 0 Å². The molecule has 0 heterocycles. The molecule has 2 rings (SSSR count). The number of ether oxygens (including phenoxy) is 2. The molecule has 2 aromatic carbocycles. The lowest BCUT2D eigenvalue weighted by molar-refractivity contribution is 0.298. The average Bonchev–Trinajstić information content (AvgIpc) is 2.45. The lowest BCUT2D eigenvalue weighted by Gasteiger charge is -2.16. The van der Waals surface area contributed by atoms with Crippen LogP contribution in [0.3, 0.4) is 0 Å². The minimum Gasteiger partial charge on any atom is -0.497 e. The molecule has 0 saturated heterocycles. The molecular weight excluding hydrogens is 250 g/mol. The molecule has 106 valence electrons. The quantitative estimate of drug-likeness (QED) is 0.903. The predicted octanol–water partition coefficient (Wildman–Crippen LogP) is 3.60. The number of hydrogen-bond acceptors (Lipinski definition) is 3. The van der Waals surface area contributed by atoms with Crippen molar-refractivity contribution in [2.45, 2.75) is 26.5 Å². The van der Waals surface area contributed by atoms with Gasteiger partial charge in [0.25, 0.3) is 0 Å². The van der Waals surface area contributed by atoms with Crippen LogP contribution in [0, 0.1) is 6.92 Å². The zero-order valence-electron chi connectivity index (χ0n) is 12.2. The molecule has 1 atom stereocenters. The molecule has 3 heteroatoms. The SMILES string of the molecule is COc1cccc(COc2c(C)cccc2C(C)N)c1. The van der Waals surface area contributed by atoms with Crippen molar-refractivity contribution in [2.75, 3.05) is 7.11 Å². The summed E-state index contributed by atoms with van der Waals surface area (Å²) in [6, 6.07) is 13.9. The van der Waals surface area contributed by atoms with Crippen LogP contribution in [0.25, 0.3) is 0 Å². The topological polar surface area (TPSA) is 44.5 Å². The summed E-state index contributed by atoms with van der Waals surface area (Å²) in [7, 11) is 1.66. The maximum atomic E-state index is 6.00. The molecule has 0 aromatic heterocycles. The number of nitrogens with two attached hydrogens (primary N) is 1. The molecular formula is C17H21NO2. The van der Waals surface area contributed by atoms with Crippen molar-refractivity contribution in [2.24, 2.45) is 5.73 Å². The first-order valence-corrected chi connectivity index (χ1v) is 6.72. The van der Waals surface area contributed by atoms with Gasteiger partial charge in [0.2, 0.25) is 0 Å². The molecule has 1 unspecified atom stereocenters. The molecule has 0 amide bonds. The van der Waals surface area contributed by atoms with E-state index in [1.54, 1.807) is 7.11 Å². The van der Waals surface area contributed by atoms with Gasteiger partial charge in [-0.1, -0.05) is 30.3 Å². The van der Waals surface area contributed by atoms with Gasteiger partial charge in [-0.15, -0.1) is 0 Å². The second-order valence-corrected chi connectivity index (χ2v) is 4.92. The zero-order valence-corrected chi connectivity index (χ0v) is 12.2. The van der Waals surface area contributed by atoms with E-state index in [1.165, 1.54) is 0 Å². The van der Waals surface area contributed by atoms with Crippen LogP contribution in [0.5, 0.6) is 11.5 Å². The van der Waals surface area contributed by atoms with Gasteiger partial charge in [0.1, 0.15) is 18.1 Å². The summed E-state index contributed by atoms with van der Waals surface area (Å²) in [5.74, 6) is 1.72. The molecule has 0 bridgehead atoms. The van der Waals surface area contributed by atoms with Crippen molar-refractivity contribution in [3.8, 4) is 11.5 Å². The fourth-order valence-electron chi connectivity index (χ4n) is 2.15. The van der Waals surface area contributed by atoms with Crippen LogP contribution in [-0.4, -0.2) is 7.11 Å². The summed E-state index contributed by atoms with van der Waals surface area (Å²) < 4.78 is 11.2. The monoisotopic (exact) mass is 271 g/mol. The molecule has 0 aliphatic heterocycles. The molecule has 2 N–H and O–H groups in total. The highest BCUT2D eigenvalue weighted by molar-refractivity contribution is 5.42. The zero-order chi connectivity index (χ0) is 14.5. The Morgan fingerprint density at radius 2 is 1.90 bits per heavy atom. The second-order valence-electron chi connectivity index (χ2n) is 4.92. The Morgan fingerprint density at radius 1 is 1.15 bits per heavy atom. The Labute approximate surface area is 120 Å². The summed E-state index contributed by atoms with van der Waals surface area (Å²) in [6.45, 7) is 4.50. The molecule has 0 spiro atoms. The third-order valence-electron chi connectivity index (χ3n) is 3.25. The fraction of sp³-hybridized carbons (Fsp3) is 0.294. The largest absolute Gasteiger partial charge is 0.497 e. The maximum Gasteiger partial charge on any atom is 0.127 e. The number of hydrogen-bond donors (Lipinski definition) is 1. The Kier molecular flexibility index (Phi) is 4.64. The predicted molar refractivity (Wildman–Crippen MR) is 81.1 cm³/mol. The van der Waals surface area contributed by atoms with Crippen LogP contribution in [0.1, 0.15) is 29.7 Å². The van der Waals surface area contributed by atoms with E-state index < -0.39 is 0 Å². The van der Waals surface area contributed by atoms with E-state index in [4.69, 9.17) is 15.2 Å². The molecule has 20 heavy (non-hydrogen) atoms. The Bertz CT molecular complexity index is 579. The second kappa shape index (κ2) is 6.44. The van der Waals surface area contributed by atoms with E-state index >= 15 is 0 Å². The summed E-state index contributed by atoms with van der Waals surface area (Å²) in [5.41, 5.74) is 9.21. The normalized spacial score (nSPS) is 12.0. The van der Waals surface area contributed by atoms with Crippen LogP contribution >= 0.6 is 0 Å². The van der Waals surface area contributed by atoms with Crippen molar-refractivity contribution < 1.29 is 9.47 Å². The minimum atomic E-state index is -0.0461. The number of methoxy groups -OCH3 is 1. The van der Waals surface area contributed by atoms with Crippen molar-refractivity contribution in [1.29, 1.82) is 0 Å². The van der Waals surface area contributed by atoms with Gasteiger partial charge in [-0.2, -0.15) is 0 Å². The molecule has 0 saturated carbocycles. The van der Waals surface area contributed by atoms with Crippen molar-refractivity contribution >= 4 is 0 Å². The van der Waals surface area contributed by atoms with Crippen LogP contribution in [0.2, 0.25) is 0 Å². The van der Waals surface area contributed by atoms with Gasteiger partial charge in [-0.05, 0) is 37.1 Å². The van der Waals surface area contributed by atoms with E-state index in [9.17, 15) is 0 Å². The van der Waals surface area contributed by atoms with Gasteiger partial charge in [-0.25, -0.2) is 0 Å². The first kappa shape index (κ1) is 14.4. The lowest BCUT2D eigenvalue weighted by Crippen LogP contribution is -2.09. The van der Waals surface area contributed by atoms with Crippen LogP contribution in [0.15, 0.2) is 42.5 Å². The van der Waals surface area contributed by atoms with Gasteiger partial charge in [-0.3, -0.25) is 0 Å². The van der Waals surface area contributed by atoms with E-state index in [-0.39, 0.29) is 6.04 Å². The molecule has 3 nitrogen and oxygen atoms in total. The van der Waals surface area contributed by atoms with Crippen molar-refractivity contribution in [1.82, 2.24) is 0 Å². The Hall–Kier alpha value is -2.00. The van der Waals surface area contributed by atoms with Gasteiger partial charge < -0.3 is 15.2 Å². The highest BCUT2D eigenvalue weighted by atomic mass is 16.5. The first-order valence-electron chi connectivity index (χ1n) is 6.72. The van der Waals surface area contributed by atoms with Gasteiger partial charge in [0, 0.05) is 11.6 Å². The number of rotatable bonds is 5. The van der Waals surface area contributed by atoms with Crippen molar-refractivity contribution in [3.05, 3.63) is 59.2 Å². The molecule has 2 aromatic rings. The van der Waals surface area contributed by atoms with Crippen molar-refractivity contribution in [3.63, 3.8) is 0 Å². The average molecular weight is 271 g/mol. The van der Waals surface area contributed by atoms with Gasteiger partial charge in [0.15, 0.2) is 0 Å². The third-order valence-corrected chi connectivity index (χ3v) is 3.25. The van der Waals surface area contributed by atoms with E-state index in [0.29, 0.717) is 6.61 Å². The first-order chi connectivity index (χ1) is 9.61. The molecule has 0 radical (unpaired) electrons. The Balaban J connectivity index is 2.18. The molecule has 0 fully saturated rings. The Morgan fingerprint density at radius 3 is 2.60 bits per heavy atom. The lowest BCUT2D eigenvalue weighted by atomic mass is 10.0. The van der Waals surface area contributed by atoms with Crippen LogP contribution in [0.4, 0.5) is 0 Å². The summed E-state index contributed by atoms with van der Waals surface area (Å²) in [4.78, 5) is 0. The third kappa shape index (κ3) is 3.31. The minimum absolute atomic E-state index is 0.0461. The smallest absolute Gasteiger partial charge is 0.127 e. The summed E-state index contributed by atoms with van der Waals surface area (Å²) in [5, 5.41) is 0. The van der Waals surface area contributed by atoms with E-state index in [2.05, 4.69) is 0 Å².